The van der Waals surface area contributed by atoms with Crippen LogP contribution in [-0.2, 0) is 14.8 Å². The molecule has 3 heterocycles. The second-order valence-electron chi connectivity index (χ2n) is 6.98. The maximum atomic E-state index is 13.9. The molecule has 0 saturated carbocycles. The SMILES string of the molecule is COC(=O)c1cc2ccc(S(=O)(=O)Nc3cc(F)cnc3N3CCCCC3)cc2s1. The third-order valence-electron chi connectivity index (χ3n) is 4.92. The molecule has 1 N–H and O–H groups in total. The van der Waals surface area contributed by atoms with Crippen molar-refractivity contribution in [3.05, 3.63) is 47.2 Å². The van der Waals surface area contributed by atoms with Crippen LogP contribution in [0.25, 0.3) is 10.1 Å². The molecule has 0 radical (unpaired) electrons. The Balaban J connectivity index is 1.67. The number of hydrogen-bond donors (Lipinski definition) is 1. The molecule has 0 amide bonds. The number of hydrogen-bond acceptors (Lipinski definition) is 7. The van der Waals surface area contributed by atoms with E-state index >= 15 is 0 Å². The number of nitrogens with zero attached hydrogens (tertiary/aromatic N) is 2. The lowest BCUT2D eigenvalue weighted by Crippen LogP contribution is -2.31. The van der Waals surface area contributed by atoms with Crippen molar-refractivity contribution in [3.63, 3.8) is 0 Å². The first-order valence-electron chi connectivity index (χ1n) is 9.42. The van der Waals surface area contributed by atoms with Crippen molar-refractivity contribution >= 4 is 48.9 Å². The summed E-state index contributed by atoms with van der Waals surface area (Å²) in [6.07, 6.45) is 4.15. The van der Waals surface area contributed by atoms with Gasteiger partial charge in [0.2, 0.25) is 0 Å². The second-order valence-corrected chi connectivity index (χ2v) is 9.75. The van der Waals surface area contributed by atoms with E-state index < -0.39 is 21.8 Å². The molecule has 4 rings (SSSR count). The van der Waals surface area contributed by atoms with Crippen LogP contribution in [-0.4, -0.2) is 39.6 Å². The van der Waals surface area contributed by atoms with Gasteiger partial charge in [0.05, 0.1) is 23.9 Å². The largest absolute Gasteiger partial charge is 0.465 e. The van der Waals surface area contributed by atoms with Crippen LogP contribution in [0.3, 0.4) is 0 Å². The fourth-order valence-corrected chi connectivity index (χ4v) is 5.62. The molecule has 1 saturated heterocycles. The molecule has 0 bridgehead atoms. The van der Waals surface area contributed by atoms with Gasteiger partial charge in [0.1, 0.15) is 10.7 Å². The predicted molar refractivity (Wildman–Crippen MR) is 114 cm³/mol. The molecule has 3 aromatic rings. The molecule has 7 nitrogen and oxygen atoms in total. The number of carbonyl (C=O) groups is 1. The van der Waals surface area contributed by atoms with Gasteiger partial charge in [0.25, 0.3) is 10.0 Å². The Morgan fingerprint density at radius 3 is 2.70 bits per heavy atom. The van der Waals surface area contributed by atoms with Crippen molar-refractivity contribution in [2.45, 2.75) is 24.2 Å². The van der Waals surface area contributed by atoms with Crippen LogP contribution in [0.5, 0.6) is 0 Å². The van der Waals surface area contributed by atoms with Gasteiger partial charge in [-0.3, -0.25) is 4.72 Å². The Morgan fingerprint density at radius 2 is 1.97 bits per heavy atom. The molecule has 0 aliphatic carbocycles. The molecule has 10 heteroatoms. The molecule has 1 aliphatic rings. The number of methoxy groups -OCH3 is 1. The van der Waals surface area contributed by atoms with Crippen molar-refractivity contribution in [3.8, 4) is 0 Å². The van der Waals surface area contributed by atoms with Crippen LogP contribution >= 0.6 is 11.3 Å². The summed E-state index contributed by atoms with van der Waals surface area (Å²) in [5.41, 5.74) is 0.110. The summed E-state index contributed by atoms with van der Waals surface area (Å²) in [6, 6.07) is 7.37. The monoisotopic (exact) mass is 449 g/mol. The lowest BCUT2D eigenvalue weighted by Gasteiger charge is -2.29. The van der Waals surface area contributed by atoms with Gasteiger partial charge >= 0.3 is 5.97 Å². The molecule has 158 valence electrons. The van der Waals surface area contributed by atoms with Crippen LogP contribution in [0.4, 0.5) is 15.9 Å². The van der Waals surface area contributed by atoms with E-state index in [1.165, 1.54) is 19.2 Å². The van der Waals surface area contributed by atoms with E-state index in [-0.39, 0.29) is 10.6 Å². The number of thiophene rings is 1. The highest BCUT2D eigenvalue weighted by atomic mass is 32.2. The summed E-state index contributed by atoms with van der Waals surface area (Å²) in [5.74, 6) is -0.675. The molecule has 0 spiro atoms. The number of sulfonamides is 1. The summed E-state index contributed by atoms with van der Waals surface area (Å²) in [5, 5.41) is 0.737. The number of carbonyl (C=O) groups excluding carboxylic acids is 1. The van der Waals surface area contributed by atoms with E-state index in [1.807, 2.05) is 4.90 Å². The zero-order valence-corrected chi connectivity index (χ0v) is 17.9. The molecule has 0 atom stereocenters. The maximum absolute atomic E-state index is 13.9. The molecular weight excluding hydrogens is 429 g/mol. The Kier molecular flexibility index (Phi) is 5.61. The molecule has 0 unspecified atom stereocenters. The van der Waals surface area contributed by atoms with Crippen molar-refractivity contribution in [2.75, 3.05) is 29.8 Å². The second kappa shape index (κ2) is 8.19. The van der Waals surface area contributed by atoms with Gasteiger partial charge in [-0.05, 0) is 42.8 Å². The molecule has 1 fully saturated rings. The molecule has 30 heavy (non-hydrogen) atoms. The minimum Gasteiger partial charge on any atom is -0.465 e. The number of nitrogens with one attached hydrogen (secondary N) is 1. The number of benzene rings is 1. The van der Waals surface area contributed by atoms with Crippen LogP contribution in [0.15, 0.2) is 41.4 Å². The van der Waals surface area contributed by atoms with Crippen molar-refractivity contribution in [1.82, 2.24) is 4.98 Å². The number of piperidine rings is 1. The lowest BCUT2D eigenvalue weighted by molar-refractivity contribution is 0.0606. The average molecular weight is 450 g/mol. The summed E-state index contributed by atoms with van der Waals surface area (Å²) in [6.45, 7) is 1.48. The number of anilines is 2. The Morgan fingerprint density at radius 1 is 1.20 bits per heavy atom. The highest BCUT2D eigenvalue weighted by molar-refractivity contribution is 7.92. The van der Waals surface area contributed by atoms with Gasteiger partial charge in [-0.2, -0.15) is 0 Å². The van der Waals surface area contributed by atoms with Gasteiger partial charge in [-0.1, -0.05) is 6.07 Å². The highest BCUT2D eigenvalue weighted by Gasteiger charge is 2.22. The van der Waals surface area contributed by atoms with Gasteiger partial charge in [-0.25, -0.2) is 22.6 Å². The van der Waals surface area contributed by atoms with E-state index in [4.69, 9.17) is 4.74 Å². The Bertz CT molecular complexity index is 1200. The predicted octanol–water partition coefficient (Wildman–Crippen LogP) is 4.01. The third-order valence-corrected chi connectivity index (χ3v) is 7.36. The van der Waals surface area contributed by atoms with E-state index in [0.717, 1.165) is 61.3 Å². The number of halogens is 1. The van der Waals surface area contributed by atoms with E-state index in [1.54, 1.807) is 12.1 Å². The van der Waals surface area contributed by atoms with Crippen molar-refractivity contribution in [2.24, 2.45) is 0 Å². The number of rotatable bonds is 5. The van der Waals surface area contributed by atoms with Crippen LogP contribution in [0, 0.1) is 5.82 Å². The van der Waals surface area contributed by atoms with E-state index in [2.05, 4.69) is 9.71 Å². The zero-order valence-electron chi connectivity index (χ0n) is 16.2. The van der Waals surface area contributed by atoms with Crippen LogP contribution < -0.4 is 9.62 Å². The standard InChI is InChI=1S/C20H20FN3O4S2/c1-28-20(25)18-9-13-5-6-15(11-17(13)29-18)30(26,27)23-16-10-14(21)12-22-19(16)24-7-3-2-4-8-24/h5-6,9-12,23H,2-4,7-8H2,1H3. The first-order chi connectivity index (χ1) is 14.4. The quantitative estimate of drug-likeness (QED) is 0.592. The summed E-state index contributed by atoms with van der Waals surface area (Å²) >= 11 is 1.15. The topological polar surface area (TPSA) is 88.6 Å². The van der Waals surface area contributed by atoms with Crippen LogP contribution in [0.2, 0.25) is 0 Å². The van der Waals surface area contributed by atoms with Crippen molar-refractivity contribution in [1.29, 1.82) is 0 Å². The highest BCUT2D eigenvalue weighted by Crippen LogP contribution is 2.32. The Hall–Kier alpha value is -2.72. The first kappa shape index (κ1) is 20.5. The number of ether oxygens (including phenoxy) is 1. The van der Waals surface area contributed by atoms with E-state index in [0.29, 0.717) is 15.4 Å². The lowest BCUT2D eigenvalue weighted by atomic mass is 10.1. The minimum atomic E-state index is -3.99. The molecular formula is C20H20FN3O4S2. The fraction of sp³-hybridized carbons (Fsp3) is 0.300. The number of pyridine rings is 1. The Labute approximate surface area is 177 Å². The zero-order chi connectivity index (χ0) is 21.3. The minimum absolute atomic E-state index is 0.0159. The summed E-state index contributed by atoms with van der Waals surface area (Å²) < 4.78 is 47.7. The molecule has 2 aromatic heterocycles. The van der Waals surface area contributed by atoms with Gasteiger partial charge in [-0.15, -0.1) is 11.3 Å². The molecule has 1 aliphatic heterocycles. The summed E-state index contributed by atoms with van der Waals surface area (Å²) in [4.78, 5) is 18.2. The number of esters is 1. The fourth-order valence-electron chi connectivity index (χ4n) is 3.45. The smallest absolute Gasteiger partial charge is 0.348 e. The van der Waals surface area contributed by atoms with E-state index in [9.17, 15) is 17.6 Å². The van der Waals surface area contributed by atoms with Crippen molar-refractivity contribution < 1.29 is 22.3 Å². The molecule has 1 aromatic carbocycles. The number of fused-ring (bicyclic) bond motifs is 1. The number of aromatic nitrogens is 1. The first-order valence-corrected chi connectivity index (χ1v) is 11.7. The van der Waals surface area contributed by atoms with Gasteiger partial charge in [0, 0.05) is 23.9 Å². The third kappa shape index (κ3) is 4.10. The van der Waals surface area contributed by atoms with Gasteiger partial charge < -0.3 is 9.64 Å². The average Bonchev–Trinajstić information content (AvgIpc) is 3.17. The van der Waals surface area contributed by atoms with Crippen LogP contribution in [0.1, 0.15) is 28.9 Å². The normalized spacial score (nSPS) is 14.7. The summed E-state index contributed by atoms with van der Waals surface area (Å²) in [7, 11) is -2.70. The van der Waals surface area contributed by atoms with Gasteiger partial charge in [0.15, 0.2) is 5.82 Å². The maximum Gasteiger partial charge on any atom is 0.348 e.